The number of likely N-dealkylation sites (tertiary alicyclic amines) is 1. The molecule has 22 heavy (non-hydrogen) atoms. The average Bonchev–Trinajstić information content (AvgIpc) is 2.52. The highest BCUT2D eigenvalue weighted by Gasteiger charge is 2.34. The summed E-state index contributed by atoms with van der Waals surface area (Å²) in [6, 6.07) is 1.57. The summed E-state index contributed by atoms with van der Waals surface area (Å²) in [6.45, 7) is 8.84. The van der Waals surface area contributed by atoms with E-state index in [9.17, 15) is 0 Å². The van der Waals surface area contributed by atoms with Gasteiger partial charge in [0.2, 0.25) is 0 Å². The van der Waals surface area contributed by atoms with Crippen molar-refractivity contribution in [1.82, 2.24) is 10.2 Å². The molecule has 0 radical (unpaired) electrons. The van der Waals surface area contributed by atoms with Gasteiger partial charge in [-0.25, -0.2) is 0 Å². The SMILES string of the molecule is CCC1CC(NCC2CCCCC2)CN(C(C)C2CCC2)C1. The molecule has 3 atom stereocenters. The monoisotopic (exact) mass is 306 g/mol. The lowest BCUT2D eigenvalue weighted by atomic mass is 9.78. The Hall–Kier alpha value is -0.0800. The highest BCUT2D eigenvalue weighted by atomic mass is 15.2. The molecule has 2 nitrogen and oxygen atoms in total. The second kappa shape index (κ2) is 8.15. The van der Waals surface area contributed by atoms with Crippen LogP contribution in [0.1, 0.15) is 78.1 Å². The smallest absolute Gasteiger partial charge is 0.0198 e. The summed E-state index contributed by atoms with van der Waals surface area (Å²) in [5.74, 6) is 2.88. The molecule has 3 aliphatic rings. The van der Waals surface area contributed by atoms with E-state index in [4.69, 9.17) is 0 Å². The fourth-order valence-electron chi connectivity index (χ4n) is 4.96. The molecule has 3 unspecified atom stereocenters. The molecule has 1 saturated heterocycles. The lowest BCUT2D eigenvalue weighted by Gasteiger charge is -2.46. The summed E-state index contributed by atoms with van der Waals surface area (Å²) < 4.78 is 0. The third-order valence-electron chi connectivity index (χ3n) is 6.97. The van der Waals surface area contributed by atoms with E-state index in [1.165, 1.54) is 83.8 Å². The van der Waals surface area contributed by atoms with Gasteiger partial charge in [0.1, 0.15) is 0 Å². The zero-order valence-corrected chi connectivity index (χ0v) is 15.0. The van der Waals surface area contributed by atoms with Crippen LogP contribution in [-0.4, -0.2) is 36.6 Å². The van der Waals surface area contributed by atoms with E-state index in [1.54, 1.807) is 0 Å². The Morgan fingerprint density at radius 3 is 2.36 bits per heavy atom. The molecule has 0 aromatic rings. The first-order valence-corrected chi connectivity index (χ1v) is 10.2. The largest absolute Gasteiger partial charge is 0.312 e. The van der Waals surface area contributed by atoms with Crippen molar-refractivity contribution in [2.45, 2.75) is 90.1 Å². The minimum Gasteiger partial charge on any atom is -0.312 e. The van der Waals surface area contributed by atoms with E-state index in [-0.39, 0.29) is 0 Å². The first kappa shape index (κ1) is 16.8. The van der Waals surface area contributed by atoms with Gasteiger partial charge in [-0.2, -0.15) is 0 Å². The molecular formula is C20H38N2. The van der Waals surface area contributed by atoms with Crippen LogP contribution in [0.4, 0.5) is 0 Å². The minimum atomic E-state index is 0.753. The van der Waals surface area contributed by atoms with Crippen LogP contribution in [0.15, 0.2) is 0 Å². The van der Waals surface area contributed by atoms with Crippen molar-refractivity contribution < 1.29 is 0 Å². The highest BCUT2D eigenvalue weighted by molar-refractivity contribution is 4.90. The van der Waals surface area contributed by atoms with Crippen molar-refractivity contribution in [3.05, 3.63) is 0 Å². The lowest BCUT2D eigenvalue weighted by molar-refractivity contribution is 0.0495. The van der Waals surface area contributed by atoms with Crippen molar-refractivity contribution in [2.24, 2.45) is 17.8 Å². The summed E-state index contributed by atoms with van der Waals surface area (Å²) in [5, 5.41) is 3.97. The maximum atomic E-state index is 3.97. The van der Waals surface area contributed by atoms with E-state index in [0.717, 1.165) is 29.8 Å². The number of nitrogens with one attached hydrogen (secondary N) is 1. The third-order valence-corrected chi connectivity index (χ3v) is 6.97. The molecule has 1 aliphatic heterocycles. The molecule has 0 aromatic carbocycles. The Kier molecular flexibility index (Phi) is 6.21. The number of hydrogen-bond acceptors (Lipinski definition) is 2. The van der Waals surface area contributed by atoms with Gasteiger partial charge in [0.15, 0.2) is 0 Å². The second-order valence-electron chi connectivity index (χ2n) is 8.50. The summed E-state index contributed by atoms with van der Waals surface area (Å²) in [4.78, 5) is 2.83. The molecule has 3 fully saturated rings. The van der Waals surface area contributed by atoms with Gasteiger partial charge in [0.05, 0.1) is 0 Å². The highest BCUT2D eigenvalue weighted by Crippen LogP contribution is 2.34. The Bertz CT molecular complexity index is 320. The zero-order valence-electron chi connectivity index (χ0n) is 15.0. The normalized spacial score (nSPS) is 33.5. The van der Waals surface area contributed by atoms with Gasteiger partial charge in [0, 0.05) is 25.2 Å². The third kappa shape index (κ3) is 4.26. The molecule has 0 spiro atoms. The van der Waals surface area contributed by atoms with Crippen LogP contribution in [0.25, 0.3) is 0 Å². The summed E-state index contributed by atoms with van der Waals surface area (Å²) in [5.41, 5.74) is 0. The van der Waals surface area contributed by atoms with E-state index in [2.05, 4.69) is 24.1 Å². The van der Waals surface area contributed by atoms with Gasteiger partial charge in [-0.15, -0.1) is 0 Å². The van der Waals surface area contributed by atoms with Crippen LogP contribution in [0.2, 0.25) is 0 Å². The van der Waals surface area contributed by atoms with E-state index >= 15 is 0 Å². The molecule has 3 rings (SSSR count). The molecule has 2 heteroatoms. The van der Waals surface area contributed by atoms with Crippen molar-refractivity contribution in [3.63, 3.8) is 0 Å². The molecule has 2 saturated carbocycles. The Balaban J connectivity index is 1.48. The first-order valence-electron chi connectivity index (χ1n) is 10.2. The van der Waals surface area contributed by atoms with Crippen LogP contribution in [-0.2, 0) is 0 Å². The number of piperidine rings is 1. The van der Waals surface area contributed by atoms with Gasteiger partial charge >= 0.3 is 0 Å². The molecule has 1 N–H and O–H groups in total. The van der Waals surface area contributed by atoms with Crippen molar-refractivity contribution in [2.75, 3.05) is 19.6 Å². The molecule has 2 aliphatic carbocycles. The standard InChI is InChI=1S/C20H38N2/c1-3-17-12-20(21-13-18-8-5-4-6-9-18)15-22(14-17)16(2)19-10-7-11-19/h16-21H,3-15H2,1-2H3. The zero-order chi connectivity index (χ0) is 15.4. The van der Waals surface area contributed by atoms with Crippen LogP contribution >= 0.6 is 0 Å². The fraction of sp³-hybridized carbons (Fsp3) is 1.00. The van der Waals surface area contributed by atoms with Gasteiger partial charge in [-0.3, -0.25) is 4.90 Å². The number of hydrogen-bond donors (Lipinski definition) is 1. The average molecular weight is 307 g/mol. The van der Waals surface area contributed by atoms with Crippen molar-refractivity contribution in [3.8, 4) is 0 Å². The summed E-state index contributed by atoms with van der Waals surface area (Å²) >= 11 is 0. The Labute approximate surface area is 138 Å². The quantitative estimate of drug-likeness (QED) is 0.780. The van der Waals surface area contributed by atoms with Crippen LogP contribution in [0, 0.1) is 17.8 Å². The topological polar surface area (TPSA) is 15.3 Å². The first-order chi connectivity index (χ1) is 10.8. The van der Waals surface area contributed by atoms with Crippen LogP contribution in [0.3, 0.4) is 0 Å². The van der Waals surface area contributed by atoms with E-state index < -0.39 is 0 Å². The Morgan fingerprint density at radius 1 is 0.955 bits per heavy atom. The van der Waals surface area contributed by atoms with Gasteiger partial charge < -0.3 is 5.32 Å². The van der Waals surface area contributed by atoms with Crippen LogP contribution in [0.5, 0.6) is 0 Å². The number of rotatable bonds is 6. The van der Waals surface area contributed by atoms with Gasteiger partial charge in [0.25, 0.3) is 0 Å². The summed E-state index contributed by atoms with van der Waals surface area (Å²) in [6.07, 6.45) is 14.6. The van der Waals surface area contributed by atoms with Gasteiger partial charge in [-0.1, -0.05) is 39.0 Å². The molecule has 128 valence electrons. The van der Waals surface area contributed by atoms with Crippen molar-refractivity contribution >= 4 is 0 Å². The second-order valence-corrected chi connectivity index (χ2v) is 8.50. The minimum absolute atomic E-state index is 0.753. The molecule has 1 heterocycles. The Morgan fingerprint density at radius 2 is 1.73 bits per heavy atom. The predicted octanol–water partition coefficient (Wildman–Crippen LogP) is 4.45. The molecule has 0 bridgehead atoms. The summed E-state index contributed by atoms with van der Waals surface area (Å²) in [7, 11) is 0. The van der Waals surface area contributed by atoms with E-state index in [1.807, 2.05) is 0 Å². The van der Waals surface area contributed by atoms with Gasteiger partial charge in [-0.05, 0) is 63.3 Å². The number of nitrogens with zero attached hydrogens (tertiary/aromatic N) is 1. The lowest BCUT2D eigenvalue weighted by Crippen LogP contribution is -2.54. The molecule has 0 aromatic heterocycles. The maximum absolute atomic E-state index is 3.97. The molecule has 0 amide bonds. The fourth-order valence-corrected chi connectivity index (χ4v) is 4.96. The van der Waals surface area contributed by atoms with Crippen molar-refractivity contribution in [1.29, 1.82) is 0 Å². The molecular weight excluding hydrogens is 268 g/mol. The maximum Gasteiger partial charge on any atom is 0.0198 e. The van der Waals surface area contributed by atoms with E-state index in [0.29, 0.717) is 0 Å². The van der Waals surface area contributed by atoms with Crippen LogP contribution < -0.4 is 5.32 Å². The predicted molar refractivity (Wildman–Crippen MR) is 95.1 cm³/mol.